The molecule has 1 heterocycles. The van der Waals surface area contributed by atoms with Gasteiger partial charge in [0.1, 0.15) is 12.3 Å². The zero-order chi connectivity index (χ0) is 15.0. The van der Waals surface area contributed by atoms with Gasteiger partial charge < -0.3 is 14.4 Å². The molecule has 1 aromatic rings. The molecule has 0 N–H and O–H groups in total. The largest absolute Gasteiger partial charge is 0.368 e. The summed E-state index contributed by atoms with van der Waals surface area (Å²) in [5.74, 6) is -0.0361. The van der Waals surface area contributed by atoms with E-state index < -0.39 is 5.72 Å². The van der Waals surface area contributed by atoms with E-state index in [2.05, 4.69) is 18.7 Å². The molecule has 3 rings (SSSR count). The molecule has 1 saturated heterocycles. The maximum Gasteiger partial charge on any atom is 0.251 e. The van der Waals surface area contributed by atoms with E-state index in [0.717, 1.165) is 6.42 Å². The molecule has 1 aliphatic heterocycles. The van der Waals surface area contributed by atoms with Gasteiger partial charge in [-0.05, 0) is 25.0 Å². The molecule has 0 aromatic heterocycles. The first-order valence-corrected chi connectivity index (χ1v) is 7.31. The van der Waals surface area contributed by atoms with Gasteiger partial charge in [0.2, 0.25) is 0 Å². The van der Waals surface area contributed by atoms with E-state index >= 15 is 0 Å². The number of nitrogens with zero attached hydrogens (tertiary/aromatic N) is 1. The van der Waals surface area contributed by atoms with E-state index in [1.807, 2.05) is 30.9 Å². The van der Waals surface area contributed by atoms with E-state index in [9.17, 15) is 4.79 Å². The van der Waals surface area contributed by atoms with Crippen LogP contribution < -0.4 is 0 Å². The summed E-state index contributed by atoms with van der Waals surface area (Å²) in [7, 11) is 0. The Hall–Kier alpha value is -1.65. The second-order valence-electron chi connectivity index (χ2n) is 6.02. The van der Waals surface area contributed by atoms with Gasteiger partial charge in [-0.25, -0.2) is 0 Å². The normalized spacial score (nSPS) is 25.5. The van der Waals surface area contributed by atoms with Crippen LogP contribution in [0.4, 0.5) is 0 Å². The average molecular weight is 287 g/mol. The standard InChI is InChI=1S/C17H21NO3/c1-4-9-20-11-15(19)18-16-13-8-6-5-7-12(13)10-14(16)21-17(18,2)3/h4-8,14,16H,1,9-11H2,2-3H3/t14-,16+/m1/s1. The summed E-state index contributed by atoms with van der Waals surface area (Å²) in [4.78, 5) is 14.4. The minimum atomic E-state index is -0.600. The molecule has 2 aliphatic rings. The van der Waals surface area contributed by atoms with Gasteiger partial charge in [-0.15, -0.1) is 6.58 Å². The highest BCUT2D eigenvalue weighted by molar-refractivity contribution is 5.79. The van der Waals surface area contributed by atoms with Crippen molar-refractivity contribution in [2.24, 2.45) is 0 Å². The quantitative estimate of drug-likeness (QED) is 0.631. The molecule has 0 saturated carbocycles. The summed E-state index contributed by atoms with van der Waals surface area (Å²) < 4.78 is 11.4. The molecule has 112 valence electrons. The monoisotopic (exact) mass is 287 g/mol. The summed E-state index contributed by atoms with van der Waals surface area (Å²) in [6.45, 7) is 7.92. The van der Waals surface area contributed by atoms with Crippen molar-refractivity contribution in [3.8, 4) is 0 Å². The second-order valence-corrected chi connectivity index (χ2v) is 6.02. The molecular formula is C17H21NO3. The van der Waals surface area contributed by atoms with Crippen molar-refractivity contribution in [2.45, 2.75) is 38.1 Å². The van der Waals surface area contributed by atoms with Crippen LogP contribution in [0.25, 0.3) is 0 Å². The molecule has 21 heavy (non-hydrogen) atoms. The van der Waals surface area contributed by atoms with Crippen LogP contribution in [0.15, 0.2) is 36.9 Å². The number of hydrogen-bond acceptors (Lipinski definition) is 3. The fourth-order valence-electron chi connectivity index (χ4n) is 3.47. The Labute approximate surface area is 125 Å². The highest BCUT2D eigenvalue weighted by Gasteiger charge is 2.53. The highest BCUT2D eigenvalue weighted by Crippen LogP contribution is 2.48. The maximum atomic E-state index is 12.6. The summed E-state index contributed by atoms with van der Waals surface area (Å²) in [5.41, 5.74) is 1.87. The van der Waals surface area contributed by atoms with Crippen LogP contribution in [-0.4, -0.2) is 35.8 Å². The molecule has 4 nitrogen and oxygen atoms in total. The van der Waals surface area contributed by atoms with Gasteiger partial charge in [0.25, 0.3) is 5.91 Å². The number of carbonyl (C=O) groups is 1. The summed E-state index contributed by atoms with van der Waals surface area (Å²) in [6.07, 6.45) is 2.55. The molecule has 0 spiro atoms. The van der Waals surface area contributed by atoms with Crippen molar-refractivity contribution >= 4 is 5.91 Å². The van der Waals surface area contributed by atoms with Crippen molar-refractivity contribution < 1.29 is 14.3 Å². The second kappa shape index (κ2) is 5.28. The van der Waals surface area contributed by atoms with Gasteiger partial charge in [0.15, 0.2) is 0 Å². The van der Waals surface area contributed by atoms with Crippen LogP contribution in [-0.2, 0) is 20.7 Å². The zero-order valence-electron chi connectivity index (χ0n) is 12.5. The van der Waals surface area contributed by atoms with Gasteiger partial charge in [-0.3, -0.25) is 4.79 Å². The number of benzene rings is 1. The third kappa shape index (κ3) is 2.39. The number of ether oxygens (including phenoxy) is 2. The minimum Gasteiger partial charge on any atom is -0.368 e. The molecule has 0 radical (unpaired) electrons. The molecule has 1 aliphatic carbocycles. The summed E-state index contributed by atoms with van der Waals surface area (Å²) in [5, 5.41) is 0. The van der Waals surface area contributed by atoms with Gasteiger partial charge >= 0.3 is 0 Å². The lowest BCUT2D eigenvalue weighted by Crippen LogP contribution is -2.46. The number of amides is 1. The van der Waals surface area contributed by atoms with Crippen molar-refractivity contribution in [1.82, 2.24) is 4.90 Å². The fraction of sp³-hybridized carbons (Fsp3) is 0.471. The van der Waals surface area contributed by atoms with Crippen molar-refractivity contribution in [1.29, 1.82) is 0 Å². The minimum absolute atomic E-state index is 0.00367. The van der Waals surface area contributed by atoms with Crippen LogP contribution in [0.1, 0.15) is 31.0 Å². The van der Waals surface area contributed by atoms with Gasteiger partial charge in [0.05, 0.1) is 18.8 Å². The highest BCUT2D eigenvalue weighted by atomic mass is 16.5. The van der Waals surface area contributed by atoms with Gasteiger partial charge in [-0.2, -0.15) is 0 Å². The molecule has 1 fully saturated rings. The lowest BCUT2D eigenvalue weighted by molar-refractivity contribution is -0.152. The molecule has 2 atom stereocenters. The van der Waals surface area contributed by atoms with Crippen molar-refractivity contribution in [3.05, 3.63) is 48.0 Å². The third-order valence-electron chi connectivity index (χ3n) is 4.18. The first-order chi connectivity index (χ1) is 10.0. The first kappa shape index (κ1) is 14.3. The molecule has 0 bridgehead atoms. The van der Waals surface area contributed by atoms with Crippen LogP contribution in [0.3, 0.4) is 0 Å². The Bertz CT molecular complexity index is 567. The average Bonchev–Trinajstić information content (AvgIpc) is 2.89. The predicted octanol–water partition coefficient (Wildman–Crippen LogP) is 2.45. The number of rotatable bonds is 4. The first-order valence-electron chi connectivity index (χ1n) is 7.31. The lowest BCUT2D eigenvalue weighted by Gasteiger charge is -2.33. The van der Waals surface area contributed by atoms with Crippen LogP contribution in [0.2, 0.25) is 0 Å². The topological polar surface area (TPSA) is 38.8 Å². The Morgan fingerprint density at radius 1 is 1.52 bits per heavy atom. The SMILES string of the molecule is C=CCOCC(=O)N1[C@H]2c3ccccc3C[C@H]2OC1(C)C. The number of fused-ring (bicyclic) bond motifs is 3. The van der Waals surface area contributed by atoms with Crippen LogP contribution >= 0.6 is 0 Å². The van der Waals surface area contributed by atoms with Gasteiger partial charge in [0, 0.05) is 6.42 Å². The number of carbonyl (C=O) groups excluding carboxylic acids is 1. The van der Waals surface area contributed by atoms with Crippen molar-refractivity contribution in [2.75, 3.05) is 13.2 Å². The smallest absolute Gasteiger partial charge is 0.251 e. The van der Waals surface area contributed by atoms with E-state index in [0.29, 0.717) is 6.61 Å². The predicted molar refractivity (Wildman–Crippen MR) is 79.7 cm³/mol. The lowest BCUT2D eigenvalue weighted by atomic mass is 10.1. The number of hydrogen-bond donors (Lipinski definition) is 0. The molecule has 1 aromatic carbocycles. The van der Waals surface area contributed by atoms with E-state index in [1.165, 1.54) is 11.1 Å². The van der Waals surface area contributed by atoms with Crippen molar-refractivity contribution in [3.63, 3.8) is 0 Å². The summed E-state index contributed by atoms with van der Waals surface area (Å²) >= 11 is 0. The molecule has 1 amide bonds. The summed E-state index contributed by atoms with van der Waals surface area (Å²) in [6, 6.07) is 8.25. The maximum absolute atomic E-state index is 12.6. The van der Waals surface area contributed by atoms with Gasteiger partial charge in [-0.1, -0.05) is 30.3 Å². The Morgan fingerprint density at radius 2 is 2.29 bits per heavy atom. The van der Waals surface area contributed by atoms with Crippen LogP contribution in [0, 0.1) is 0 Å². The van der Waals surface area contributed by atoms with E-state index in [-0.39, 0.29) is 24.7 Å². The molecule has 4 heteroatoms. The zero-order valence-corrected chi connectivity index (χ0v) is 12.5. The van der Waals surface area contributed by atoms with Crippen LogP contribution in [0.5, 0.6) is 0 Å². The fourth-order valence-corrected chi connectivity index (χ4v) is 3.47. The molecule has 0 unspecified atom stereocenters. The Balaban J connectivity index is 1.87. The Morgan fingerprint density at radius 3 is 3.05 bits per heavy atom. The Kier molecular flexibility index (Phi) is 3.59. The third-order valence-corrected chi connectivity index (χ3v) is 4.18. The van der Waals surface area contributed by atoms with E-state index in [1.54, 1.807) is 6.08 Å². The van der Waals surface area contributed by atoms with E-state index in [4.69, 9.17) is 9.47 Å². The molecular weight excluding hydrogens is 266 g/mol.